The van der Waals surface area contributed by atoms with Crippen molar-refractivity contribution in [1.29, 1.82) is 0 Å². The molecule has 2 heteroatoms. The van der Waals surface area contributed by atoms with Crippen LogP contribution in [0.2, 0.25) is 0 Å². The molecule has 67 heavy (non-hydrogen) atoms. The van der Waals surface area contributed by atoms with E-state index >= 15 is 0 Å². The maximum Gasteiger partial charge on any atom is 0.136 e. The first-order valence-electron chi connectivity index (χ1n) is 23.2. The highest BCUT2D eigenvalue weighted by Crippen LogP contribution is 2.63. The third-order valence-electron chi connectivity index (χ3n) is 15.0. The minimum absolute atomic E-state index is 0.402. The van der Waals surface area contributed by atoms with Crippen LogP contribution in [0, 0.1) is 0 Å². The molecule has 0 bridgehead atoms. The molecule has 0 fully saturated rings. The Balaban J connectivity index is 0.980. The maximum absolute atomic E-state index is 6.63. The third kappa shape index (κ3) is 4.94. The first-order chi connectivity index (χ1) is 33.2. The molecule has 1 spiro atoms. The number of anilines is 3. The summed E-state index contributed by atoms with van der Waals surface area (Å²) in [6.07, 6.45) is 0. The molecule has 1 heterocycles. The molecule has 310 valence electrons. The highest BCUT2D eigenvalue weighted by atomic mass is 16.3. The predicted octanol–water partition coefficient (Wildman–Crippen LogP) is 17.7. The smallest absolute Gasteiger partial charge is 0.136 e. The monoisotopic (exact) mass is 849 g/mol. The van der Waals surface area contributed by atoms with Crippen LogP contribution in [-0.4, -0.2) is 0 Å². The minimum Gasteiger partial charge on any atom is -0.456 e. The van der Waals surface area contributed by atoms with Gasteiger partial charge in [0.05, 0.1) is 5.41 Å². The van der Waals surface area contributed by atoms with Crippen molar-refractivity contribution in [3.8, 4) is 33.4 Å². The first-order valence-corrected chi connectivity index (χ1v) is 23.2. The number of nitrogens with zero attached hydrogens (tertiary/aromatic N) is 1. The summed E-state index contributed by atoms with van der Waals surface area (Å²) in [6, 6.07) is 87.5. The van der Waals surface area contributed by atoms with Crippen LogP contribution in [0.15, 0.2) is 241 Å². The number of benzene rings is 12. The van der Waals surface area contributed by atoms with Crippen molar-refractivity contribution in [3.63, 3.8) is 0 Å². The van der Waals surface area contributed by atoms with Gasteiger partial charge in [-0.05, 0) is 148 Å². The van der Waals surface area contributed by atoms with Gasteiger partial charge in [-0.25, -0.2) is 0 Å². The molecule has 2 nitrogen and oxygen atoms in total. The number of rotatable bonds is 4. The Kier molecular flexibility index (Phi) is 7.46. The van der Waals surface area contributed by atoms with E-state index in [2.05, 4.69) is 241 Å². The Bertz CT molecular complexity index is 4150. The van der Waals surface area contributed by atoms with Crippen LogP contribution in [0.4, 0.5) is 17.1 Å². The fourth-order valence-corrected chi connectivity index (χ4v) is 12.3. The second-order valence-electron chi connectivity index (χ2n) is 18.3. The molecule has 15 rings (SSSR count). The highest BCUT2D eigenvalue weighted by Gasteiger charge is 2.51. The van der Waals surface area contributed by atoms with E-state index in [0.29, 0.717) is 0 Å². The van der Waals surface area contributed by atoms with Gasteiger partial charge in [-0.15, -0.1) is 0 Å². The van der Waals surface area contributed by atoms with Gasteiger partial charge in [0, 0.05) is 33.2 Å². The van der Waals surface area contributed by atoms with Crippen molar-refractivity contribution in [1.82, 2.24) is 0 Å². The summed E-state index contributed by atoms with van der Waals surface area (Å²) in [7, 11) is 0. The predicted molar refractivity (Wildman–Crippen MR) is 280 cm³/mol. The maximum atomic E-state index is 6.63. The topological polar surface area (TPSA) is 16.4 Å². The second-order valence-corrected chi connectivity index (χ2v) is 18.3. The highest BCUT2D eigenvalue weighted by molar-refractivity contribution is 6.37. The molecule has 0 N–H and O–H groups in total. The normalized spacial score (nSPS) is 13.2. The van der Waals surface area contributed by atoms with Gasteiger partial charge in [-0.1, -0.05) is 182 Å². The van der Waals surface area contributed by atoms with E-state index in [0.717, 1.165) is 28.2 Å². The summed E-state index contributed by atoms with van der Waals surface area (Å²) in [5.41, 5.74) is 17.7. The van der Waals surface area contributed by atoms with Crippen molar-refractivity contribution in [3.05, 3.63) is 259 Å². The van der Waals surface area contributed by atoms with Gasteiger partial charge in [-0.2, -0.15) is 0 Å². The fraction of sp³-hybridized carbons (Fsp3) is 0.0154. The van der Waals surface area contributed by atoms with Crippen LogP contribution in [0.5, 0.6) is 0 Å². The largest absolute Gasteiger partial charge is 0.456 e. The summed E-state index contributed by atoms with van der Waals surface area (Å²) in [6.45, 7) is 0. The van der Waals surface area contributed by atoms with E-state index in [9.17, 15) is 0 Å². The first kappa shape index (κ1) is 36.6. The summed E-state index contributed by atoms with van der Waals surface area (Å²) >= 11 is 0. The quantitative estimate of drug-likeness (QED) is 0.164. The number of furan rings is 1. The SMILES string of the molecule is c1ccc(-c2ccc(N(c3ccc4c(c3)-c3ccccc3C43c4ccccc4-c4ccccc43)c3ccc4c(c3)c3ccccc3c3c4ccc4oc5ccc6ccccc6c5c43)cc2)cc1. The lowest BCUT2D eigenvalue weighted by atomic mass is 9.70. The van der Waals surface area contributed by atoms with E-state index < -0.39 is 5.41 Å². The summed E-state index contributed by atoms with van der Waals surface area (Å²) in [5.74, 6) is 0. The molecule has 12 aromatic carbocycles. The Morgan fingerprint density at radius 3 is 1.52 bits per heavy atom. The molecule has 0 radical (unpaired) electrons. The zero-order chi connectivity index (χ0) is 43.8. The zero-order valence-electron chi connectivity index (χ0n) is 36.4. The van der Waals surface area contributed by atoms with Crippen molar-refractivity contribution < 1.29 is 4.42 Å². The molecule has 1 aromatic heterocycles. The summed E-state index contributed by atoms with van der Waals surface area (Å²) in [5, 5.41) is 12.1. The lowest BCUT2D eigenvalue weighted by Crippen LogP contribution is -2.25. The Morgan fingerprint density at radius 1 is 0.284 bits per heavy atom. The molecule has 0 saturated heterocycles. The van der Waals surface area contributed by atoms with Gasteiger partial charge in [-0.3, -0.25) is 0 Å². The average molecular weight is 850 g/mol. The lowest BCUT2D eigenvalue weighted by molar-refractivity contribution is 0.669. The summed E-state index contributed by atoms with van der Waals surface area (Å²) in [4.78, 5) is 2.45. The van der Waals surface area contributed by atoms with Gasteiger partial charge in [0.1, 0.15) is 11.2 Å². The fourth-order valence-electron chi connectivity index (χ4n) is 12.3. The van der Waals surface area contributed by atoms with Crippen molar-refractivity contribution in [2.45, 2.75) is 5.41 Å². The standard InChI is InChI=1S/C65H39NO/c1-2-14-40(15-3-1)41-26-29-43(30-27-41)66(45-32-35-59-55(39-45)51-21-10-13-25-58(51)65(59)56-23-11-8-19-49(56)50-20-9-12-24-57(50)65)44-31-33-48-53-34-37-61-64(62(53)52-22-7-6-18-47(52)54(48)38-44)63-46-17-5-4-16-42(46)28-36-60(63)67-61/h1-39H. The molecule has 0 unspecified atom stereocenters. The second kappa shape index (κ2) is 13.7. The van der Waals surface area contributed by atoms with Gasteiger partial charge in [0.15, 0.2) is 0 Å². The van der Waals surface area contributed by atoms with Crippen LogP contribution in [0.3, 0.4) is 0 Å². The molecule has 0 atom stereocenters. The molecule has 0 saturated carbocycles. The lowest BCUT2D eigenvalue weighted by Gasteiger charge is -2.31. The number of hydrogen-bond donors (Lipinski definition) is 0. The van der Waals surface area contributed by atoms with Crippen LogP contribution < -0.4 is 4.90 Å². The Labute approximate surface area is 387 Å². The van der Waals surface area contributed by atoms with Gasteiger partial charge >= 0.3 is 0 Å². The van der Waals surface area contributed by atoms with Gasteiger partial charge in [0.2, 0.25) is 0 Å². The molecule has 2 aliphatic rings. The van der Waals surface area contributed by atoms with E-state index in [1.807, 2.05) is 0 Å². The van der Waals surface area contributed by atoms with E-state index in [1.54, 1.807) is 0 Å². The summed E-state index contributed by atoms with van der Waals surface area (Å²) < 4.78 is 6.63. The Morgan fingerprint density at radius 2 is 0.776 bits per heavy atom. The molecule has 2 aliphatic carbocycles. The number of hydrogen-bond acceptors (Lipinski definition) is 2. The van der Waals surface area contributed by atoms with Crippen LogP contribution in [0.25, 0.3) is 98.4 Å². The Hall–Kier alpha value is -8.72. The number of fused-ring (bicyclic) bond motifs is 22. The minimum atomic E-state index is -0.402. The van der Waals surface area contributed by atoms with Gasteiger partial charge < -0.3 is 9.32 Å². The van der Waals surface area contributed by atoms with Crippen LogP contribution >= 0.6 is 0 Å². The van der Waals surface area contributed by atoms with Crippen molar-refractivity contribution >= 4 is 82.1 Å². The van der Waals surface area contributed by atoms with Crippen molar-refractivity contribution in [2.24, 2.45) is 0 Å². The third-order valence-corrected chi connectivity index (χ3v) is 15.0. The van der Waals surface area contributed by atoms with E-state index in [4.69, 9.17) is 4.42 Å². The van der Waals surface area contributed by atoms with Crippen LogP contribution in [-0.2, 0) is 5.41 Å². The van der Waals surface area contributed by atoms with Crippen molar-refractivity contribution in [2.75, 3.05) is 4.90 Å². The van der Waals surface area contributed by atoms with E-state index in [-0.39, 0.29) is 0 Å². The molecular weight excluding hydrogens is 811 g/mol. The molecular formula is C65H39NO. The molecule has 13 aromatic rings. The van der Waals surface area contributed by atoms with Gasteiger partial charge in [0.25, 0.3) is 0 Å². The zero-order valence-corrected chi connectivity index (χ0v) is 36.4. The van der Waals surface area contributed by atoms with Crippen LogP contribution in [0.1, 0.15) is 22.3 Å². The molecule has 0 aliphatic heterocycles. The van der Waals surface area contributed by atoms with E-state index in [1.165, 1.54) is 109 Å². The average Bonchev–Trinajstić information content (AvgIpc) is 4.04. The molecule has 0 amide bonds.